The minimum atomic E-state index is 0.877. The van der Waals surface area contributed by atoms with Gasteiger partial charge in [0.05, 0.1) is 5.69 Å². The molecule has 0 saturated heterocycles. The van der Waals surface area contributed by atoms with Crippen LogP contribution in [0.3, 0.4) is 0 Å². The summed E-state index contributed by atoms with van der Waals surface area (Å²) in [5.41, 5.74) is 3.41. The van der Waals surface area contributed by atoms with Crippen molar-refractivity contribution in [3.8, 4) is 10.6 Å². The molecule has 0 bridgehead atoms. The van der Waals surface area contributed by atoms with E-state index >= 15 is 0 Å². The van der Waals surface area contributed by atoms with Crippen molar-refractivity contribution in [2.45, 2.75) is 25.6 Å². The van der Waals surface area contributed by atoms with Gasteiger partial charge in [0, 0.05) is 27.7 Å². The SMILES string of the molecule is CCc1cc(-c2nc(C)c(CBr)s2)ccn1. The van der Waals surface area contributed by atoms with Gasteiger partial charge >= 0.3 is 0 Å². The van der Waals surface area contributed by atoms with Crippen molar-refractivity contribution in [3.05, 3.63) is 34.6 Å². The Bertz CT molecular complexity index is 494. The van der Waals surface area contributed by atoms with E-state index in [4.69, 9.17) is 0 Å². The Morgan fingerprint density at radius 3 is 2.88 bits per heavy atom. The fourth-order valence-electron chi connectivity index (χ4n) is 1.48. The lowest BCUT2D eigenvalue weighted by atomic mass is 10.2. The number of aryl methyl sites for hydroxylation is 2. The van der Waals surface area contributed by atoms with Gasteiger partial charge < -0.3 is 0 Å². The zero-order valence-electron chi connectivity index (χ0n) is 9.33. The van der Waals surface area contributed by atoms with Crippen LogP contribution in [0.4, 0.5) is 0 Å². The van der Waals surface area contributed by atoms with E-state index < -0.39 is 0 Å². The van der Waals surface area contributed by atoms with E-state index in [1.165, 1.54) is 10.4 Å². The molecule has 2 rings (SSSR count). The van der Waals surface area contributed by atoms with Gasteiger partial charge in [0.2, 0.25) is 0 Å². The van der Waals surface area contributed by atoms with Crippen LogP contribution in [0.1, 0.15) is 23.2 Å². The van der Waals surface area contributed by atoms with Crippen LogP contribution in [0.5, 0.6) is 0 Å². The average molecular weight is 297 g/mol. The number of rotatable bonds is 3. The fourth-order valence-corrected chi connectivity index (χ4v) is 3.14. The molecule has 0 radical (unpaired) electrons. The molecule has 0 amide bonds. The lowest BCUT2D eigenvalue weighted by Crippen LogP contribution is -1.86. The maximum atomic E-state index is 4.59. The third kappa shape index (κ3) is 2.33. The highest BCUT2D eigenvalue weighted by Crippen LogP contribution is 2.29. The van der Waals surface area contributed by atoms with E-state index in [0.717, 1.165) is 28.1 Å². The quantitative estimate of drug-likeness (QED) is 0.801. The van der Waals surface area contributed by atoms with Crippen LogP contribution in [0.25, 0.3) is 10.6 Å². The Labute approximate surface area is 108 Å². The Kier molecular flexibility index (Phi) is 3.71. The van der Waals surface area contributed by atoms with Crippen molar-refractivity contribution < 1.29 is 0 Å². The highest BCUT2D eigenvalue weighted by molar-refractivity contribution is 9.08. The molecule has 16 heavy (non-hydrogen) atoms. The molecule has 0 saturated carbocycles. The number of alkyl halides is 1. The average Bonchev–Trinajstić information content (AvgIpc) is 2.71. The highest BCUT2D eigenvalue weighted by Gasteiger charge is 2.08. The number of pyridine rings is 1. The van der Waals surface area contributed by atoms with Crippen LogP contribution >= 0.6 is 27.3 Å². The number of hydrogen-bond acceptors (Lipinski definition) is 3. The maximum Gasteiger partial charge on any atom is 0.124 e. The molecule has 2 heterocycles. The Balaban J connectivity index is 2.41. The molecular formula is C12H13BrN2S. The molecule has 0 atom stereocenters. The fraction of sp³-hybridized carbons (Fsp3) is 0.333. The van der Waals surface area contributed by atoms with E-state index in [-0.39, 0.29) is 0 Å². The topological polar surface area (TPSA) is 25.8 Å². The number of nitrogens with zero attached hydrogens (tertiary/aromatic N) is 2. The smallest absolute Gasteiger partial charge is 0.124 e. The van der Waals surface area contributed by atoms with Gasteiger partial charge in [-0.05, 0) is 25.5 Å². The third-order valence-corrected chi connectivity index (χ3v) is 4.58. The predicted octanol–water partition coefficient (Wildman–Crippen LogP) is 3.97. The summed E-state index contributed by atoms with van der Waals surface area (Å²) in [6.07, 6.45) is 2.82. The van der Waals surface area contributed by atoms with Crippen molar-refractivity contribution in [2.75, 3.05) is 0 Å². The maximum absolute atomic E-state index is 4.59. The van der Waals surface area contributed by atoms with Crippen LogP contribution in [0.15, 0.2) is 18.3 Å². The molecule has 2 nitrogen and oxygen atoms in total. The van der Waals surface area contributed by atoms with Gasteiger partial charge in [0.15, 0.2) is 0 Å². The summed E-state index contributed by atoms with van der Waals surface area (Å²) in [7, 11) is 0. The monoisotopic (exact) mass is 296 g/mol. The van der Waals surface area contributed by atoms with Crippen LogP contribution in [0, 0.1) is 6.92 Å². The summed E-state index contributed by atoms with van der Waals surface area (Å²) in [6.45, 7) is 4.17. The Morgan fingerprint density at radius 2 is 2.25 bits per heavy atom. The molecule has 0 fully saturated rings. The lowest BCUT2D eigenvalue weighted by molar-refractivity contribution is 1.04. The summed E-state index contributed by atoms with van der Waals surface area (Å²) < 4.78 is 0. The van der Waals surface area contributed by atoms with Crippen LogP contribution in [0.2, 0.25) is 0 Å². The van der Waals surface area contributed by atoms with E-state index in [0.29, 0.717) is 0 Å². The Morgan fingerprint density at radius 1 is 1.44 bits per heavy atom. The first-order valence-corrected chi connectivity index (χ1v) is 7.16. The second-order valence-corrected chi connectivity index (χ2v) is 5.19. The van der Waals surface area contributed by atoms with E-state index in [2.05, 4.69) is 45.8 Å². The summed E-state index contributed by atoms with van der Waals surface area (Å²) in [6, 6.07) is 4.14. The first-order valence-electron chi connectivity index (χ1n) is 5.22. The minimum Gasteiger partial charge on any atom is -0.261 e. The molecule has 4 heteroatoms. The van der Waals surface area contributed by atoms with Crippen molar-refractivity contribution in [1.29, 1.82) is 0 Å². The number of halogens is 1. The van der Waals surface area contributed by atoms with Crippen LogP contribution < -0.4 is 0 Å². The van der Waals surface area contributed by atoms with Crippen molar-refractivity contribution in [1.82, 2.24) is 9.97 Å². The van der Waals surface area contributed by atoms with Gasteiger partial charge in [-0.1, -0.05) is 22.9 Å². The molecule has 84 valence electrons. The van der Waals surface area contributed by atoms with Gasteiger partial charge in [-0.15, -0.1) is 11.3 Å². The summed E-state index contributed by atoms with van der Waals surface area (Å²) in [5, 5.41) is 1.96. The van der Waals surface area contributed by atoms with Gasteiger partial charge in [0.1, 0.15) is 5.01 Å². The molecule has 0 aliphatic rings. The number of thiazole rings is 1. The summed E-state index contributed by atoms with van der Waals surface area (Å²) in [4.78, 5) is 10.2. The largest absolute Gasteiger partial charge is 0.261 e. The number of aromatic nitrogens is 2. The van der Waals surface area contributed by atoms with Crippen molar-refractivity contribution in [2.24, 2.45) is 0 Å². The lowest BCUT2D eigenvalue weighted by Gasteiger charge is -1.98. The normalized spacial score (nSPS) is 10.7. The van der Waals surface area contributed by atoms with Gasteiger partial charge in [0.25, 0.3) is 0 Å². The predicted molar refractivity (Wildman–Crippen MR) is 72.1 cm³/mol. The van der Waals surface area contributed by atoms with Gasteiger partial charge in [-0.2, -0.15) is 0 Å². The first kappa shape index (κ1) is 11.7. The first-order chi connectivity index (χ1) is 7.74. The van der Waals surface area contributed by atoms with Crippen molar-refractivity contribution >= 4 is 27.3 Å². The van der Waals surface area contributed by atoms with E-state index in [9.17, 15) is 0 Å². The molecular weight excluding hydrogens is 284 g/mol. The zero-order valence-corrected chi connectivity index (χ0v) is 11.7. The molecule has 0 aliphatic heterocycles. The molecule has 0 spiro atoms. The second-order valence-electron chi connectivity index (χ2n) is 3.55. The third-order valence-electron chi connectivity index (χ3n) is 2.44. The van der Waals surface area contributed by atoms with Gasteiger partial charge in [-0.25, -0.2) is 4.98 Å². The van der Waals surface area contributed by atoms with E-state index in [1.807, 2.05) is 12.3 Å². The zero-order chi connectivity index (χ0) is 11.5. The molecule has 0 unspecified atom stereocenters. The number of hydrogen-bond donors (Lipinski definition) is 0. The molecule has 0 aromatic carbocycles. The van der Waals surface area contributed by atoms with E-state index in [1.54, 1.807) is 11.3 Å². The van der Waals surface area contributed by atoms with Gasteiger partial charge in [-0.3, -0.25) is 4.98 Å². The van der Waals surface area contributed by atoms with Crippen LogP contribution in [-0.4, -0.2) is 9.97 Å². The molecule has 0 N–H and O–H groups in total. The minimum absolute atomic E-state index is 0.877. The molecule has 0 aliphatic carbocycles. The summed E-state index contributed by atoms with van der Waals surface area (Å²) >= 11 is 5.23. The molecule has 2 aromatic heterocycles. The van der Waals surface area contributed by atoms with Crippen molar-refractivity contribution in [3.63, 3.8) is 0 Å². The van der Waals surface area contributed by atoms with Crippen LogP contribution in [-0.2, 0) is 11.8 Å². The molecule has 2 aromatic rings. The highest BCUT2D eigenvalue weighted by atomic mass is 79.9. The Hall–Kier alpha value is -0.740. The summed E-state index contributed by atoms with van der Waals surface area (Å²) in [5.74, 6) is 0. The second kappa shape index (κ2) is 5.06. The standard InChI is InChI=1S/C12H13BrN2S/c1-3-10-6-9(4-5-14-10)12-15-8(2)11(7-13)16-12/h4-6H,3,7H2,1-2H3.